The second kappa shape index (κ2) is 10.6. The van der Waals surface area contributed by atoms with E-state index in [4.69, 9.17) is 18.9 Å². The predicted molar refractivity (Wildman–Crippen MR) is 101 cm³/mol. The maximum Gasteiger partial charge on any atom is 0.306 e. The molecule has 6 heteroatoms. The smallest absolute Gasteiger partial charge is 0.306 e. The molecule has 3 unspecified atom stereocenters. The first kappa shape index (κ1) is 21.6. The van der Waals surface area contributed by atoms with Crippen molar-refractivity contribution in [1.29, 1.82) is 0 Å². The van der Waals surface area contributed by atoms with Crippen LogP contribution in [0.25, 0.3) is 0 Å². The fourth-order valence-corrected chi connectivity index (χ4v) is 3.00. The molecule has 1 heterocycles. The van der Waals surface area contributed by atoms with Crippen LogP contribution in [0.2, 0.25) is 0 Å². The summed E-state index contributed by atoms with van der Waals surface area (Å²) in [5.41, 5.74) is 1.11. The first-order valence-electron chi connectivity index (χ1n) is 9.27. The molecule has 0 aliphatic carbocycles. The second-order valence-electron chi connectivity index (χ2n) is 7.07. The summed E-state index contributed by atoms with van der Waals surface area (Å²) in [4.78, 5) is 11.7. The Hall–Kier alpha value is -1.73. The first-order chi connectivity index (χ1) is 12.9. The van der Waals surface area contributed by atoms with Crippen molar-refractivity contribution in [3.05, 3.63) is 48.0 Å². The number of benzene rings is 1. The highest BCUT2D eigenvalue weighted by Gasteiger charge is 2.39. The summed E-state index contributed by atoms with van der Waals surface area (Å²) in [6, 6.07) is 9.95. The number of hydrogen-bond acceptors (Lipinski definition) is 6. The van der Waals surface area contributed by atoms with E-state index in [0.717, 1.165) is 5.56 Å². The van der Waals surface area contributed by atoms with Gasteiger partial charge in [-0.15, -0.1) is 0 Å². The van der Waals surface area contributed by atoms with Crippen LogP contribution in [-0.2, 0) is 30.3 Å². The fraction of sp³-hybridized carbons (Fsp3) is 0.571. The van der Waals surface area contributed by atoms with Gasteiger partial charge in [-0.3, -0.25) is 4.79 Å². The molecule has 6 nitrogen and oxygen atoms in total. The number of aliphatic hydroxyl groups excluding tert-OH is 1. The molecule has 1 saturated heterocycles. The molecule has 150 valence electrons. The van der Waals surface area contributed by atoms with E-state index in [2.05, 4.69) is 0 Å². The third-order valence-corrected chi connectivity index (χ3v) is 4.38. The third-order valence-electron chi connectivity index (χ3n) is 4.38. The van der Waals surface area contributed by atoms with Gasteiger partial charge in [-0.2, -0.15) is 0 Å². The van der Waals surface area contributed by atoms with E-state index < -0.39 is 11.9 Å². The normalized spacial score (nSPS) is 22.8. The molecule has 1 aromatic rings. The van der Waals surface area contributed by atoms with Gasteiger partial charge in [0.1, 0.15) is 12.2 Å². The number of rotatable bonds is 10. The van der Waals surface area contributed by atoms with Crippen LogP contribution in [0.4, 0.5) is 0 Å². The molecule has 1 aliphatic heterocycles. The number of methoxy groups -OCH3 is 1. The number of carbonyl (C=O) groups excluding carboxylic acids is 1. The Morgan fingerprint density at radius 2 is 2.04 bits per heavy atom. The predicted octanol–water partition coefficient (Wildman–Crippen LogP) is 2.84. The molecule has 0 spiro atoms. The lowest BCUT2D eigenvalue weighted by Gasteiger charge is -2.16. The third kappa shape index (κ3) is 7.42. The zero-order valence-electron chi connectivity index (χ0n) is 16.3. The van der Waals surface area contributed by atoms with Gasteiger partial charge in [0.05, 0.1) is 26.7 Å². The quantitative estimate of drug-likeness (QED) is 0.383. The van der Waals surface area contributed by atoms with E-state index in [1.54, 1.807) is 0 Å². The molecule has 1 fully saturated rings. The Bertz CT molecular complexity index is 598. The minimum absolute atomic E-state index is 0.0418. The molecular formula is C21H30O6. The molecule has 27 heavy (non-hydrogen) atoms. The van der Waals surface area contributed by atoms with Gasteiger partial charge in [0.25, 0.3) is 0 Å². The lowest BCUT2D eigenvalue weighted by atomic mass is 10.00. The Labute approximate surface area is 161 Å². The van der Waals surface area contributed by atoms with Gasteiger partial charge >= 0.3 is 5.97 Å². The second-order valence-corrected chi connectivity index (χ2v) is 7.07. The Kier molecular flexibility index (Phi) is 8.44. The van der Waals surface area contributed by atoms with Crippen LogP contribution in [0.1, 0.15) is 32.3 Å². The van der Waals surface area contributed by atoms with Crippen LogP contribution in [0.5, 0.6) is 0 Å². The highest BCUT2D eigenvalue weighted by Crippen LogP contribution is 2.29. The Balaban J connectivity index is 1.88. The van der Waals surface area contributed by atoms with Crippen molar-refractivity contribution >= 4 is 5.97 Å². The van der Waals surface area contributed by atoms with Crippen molar-refractivity contribution in [1.82, 2.24) is 0 Å². The SMILES string of the molecule is COC(=O)CC(/C=C/C1OC(C)(C)OC1CO)CCOCc1ccccc1. The van der Waals surface area contributed by atoms with Crippen LogP contribution in [-0.4, -0.2) is 49.4 Å². The molecule has 0 saturated carbocycles. The zero-order chi connectivity index (χ0) is 19.7. The maximum atomic E-state index is 11.7. The number of carbonyl (C=O) groups is 1. The van der Waals surface area contributed by atoms with Gasteiger partial charge in [0, 0.05) is 6.61 Å². The van der Waals surface area contributed by atoms with E-state index >= 15 is 0 Å². The van der Waals surface area contributed by atoms with Crippen LogP contribution < -0.4 is 0 Å². The number of esters is 1. The summed E-state index contributed by atoms with van der Waals surface area (Å²) in [5, 5.41) is 9.47. The van der Waals surface area contributed by atoms with Crippen molar-refractivity contribution < 1.29 is 28.8 Å². The molecule has 0 aromatic heterocycles. The number of ether oxygens (including phenoxy) is 4. The number of allylic oxidation sites excluding steroid dienone is 1. The highest BCUT2D eigenvalue weighted by atomic mass is 16.8. The largest absolute Gasteiger partial charge is 0.469 e. The van der Waals surface area contributed by atoms with Crippen molar-refractivity contribution in [2.75, 3.05) is 20.3 Å². The monoisotopic (exact) mass is 378 g/mol. The first-order valence-corrected chi connectivity index (χ1v) is 9.27. The van der Waals surface area contributed by atoms with Gasteiger partial charge in [-0.05, 0) is 31.7 Å². The van der Waals surface area contributed by atoms with E-state index in [9.17, 15) is 9.90 Å². The molecule has 1 aliphatic rings. The summed E-state index contributed by atoms with van der Waals surface area (Å²) in [6.45, 7) is 4.56. The summed E-state index contributed by atoms with van der Waals surface area (Å²) in [6.07, 6.45) is 3.97. The molecular weight excluding hydrogens is 348 g/mol. The van der Waals surface area contributed by atoms with Gasteiger partial charge < -0.3 is 24.1 Å². The van der Waals surface area contributed by atoms with E-state index in [1.807, 2.05) is 56.3 Å². The van der Waals surface area contributed by atoms with Crippen LogP contribution in [0.15, 0.2) is 42.5 Å². The van der Waals surface area contributed by atoms with Crippen molar-refractivity contribution in [3.63, 3.8) is 0 Å². The van der Waals surface area contributed by atoms with Crippen molar-refractivity contribution in [2.24, 2.45) is 5.92 Å². The minimum atomic E-state index is -0.737. The van der Waals surface area contributed by atoms with E-state index in [0.29, 0.717) is 19.6 Å². The van der Waals surface area contributed by atoms with Crippen molar-refractivity contribution in [3.8, 4) is 0 Å². The van der Waals surface area contributed by atoms with Crippen molar-refractivity contribution in [2.45, 2.75) is 51.3 Å². The summed E-state index contributed by atoms with van der Waals surface area (Å²) in [5.74, 6) is -1.05. The highest BCUT2D eigenvalue weighted by molar-refractivity contribution is 5.69. The zero-order valence-corrected chi connectivity index (χ0v) is 16.3. The average molecular weight is 378 g/mol. The lowest BCUT2D eigenvalue weighted by molar-refractivity contribution is -0.146. The van der Waals surface area contributed by atoms with Gasteiger partial charge in [0.15, 0.2) is 5.79 Å². The molecule has 2 rings (SSSR count). The Morgan fingerprint density at radius 3 is 2.70 bits per heavy atom. The van der Waals surface area contributed by atoms with Crippen LogP contribution in [0.3, 0.4) is 0 Å². The molecule has 0 amide bonds. The molecule has 1 N–H and O–H groups in total. The Morgan fingerprint density at radius 1 is 1.30 bits per heavy atom. The topological polar surface area (TPSA) is 74.2 Å². The average Bonchev–Trinajstić information content (AvgIpc) is 2.97. The van der Waals surface area contributed by atoms with Gasteiger partial charge in [0.2, 0.25) is 0 Å². The number of hydrogen-bond donors (Lipinski definition) is 1. The van der Waals surface area contributed by atoms with Gasteiger partial charge in [-0.25, -0.2) is 0 Å². The van der Waals surface area contributed by atoms with Crippen LogP contribution in [0, 0.1) is 5.92 Å². The summed E-state index contributed by atoms with van der Waals surface area (Å²) < 4.78 is 22.0. The van der Waals surface area contributed by atoms with E-state index in [-0.39, 0.29) is 31.0 Å². The molecule has 3 atom stereocenters. The number of aliphatic hydroxyl groups is 1. The maximum absolute atomic E-state index is 11.7. The summed E-state index contributed by atoms with van der Waals surface area (Å²) >= 11 is 0. The minimum Gasteiger partial charge on any atom is -0.469 e. The summed E-state index contributed by atoms with van der Waals surface area (Å²) in [7, 11) is 1.38. The molecule has 0 bridgehead atoms. The standard InChI is InChI=1S/C21H30O6/c1-21(2)26-18(19(14-22)27-21)10-9-16(13-20(23)24-3)11-12-25-15-17-7-5-4-6-8-17/h4-10,16,18-19,22H,11-15H2,1-3H3/b10-9+. The molecule has 1 aromatic carbocycles. The van der Waals surface area contributed by atoms with Gasteiger partial charge in [-0.1, -0.05) is 42.5 Å². The molecule has 0 radical (unpaired) electrons. The van der Waals surface area contributed by atoms with Crippen LogP contribution >= 0.6 is 0 Å². The van der Waals surface area contributed by atoms with E-state index in [1.165, 1.54) is 7.11 Å². The lowest BCUT2D eigenvalue weighted by Crippen LogP contribution is -2.25. The fourth-order valence-electron chi connectivity index (χ4n) is 3.00.